The summed E-state index contributed by atoms with van der Waals surface area (Å²) in [6, 6.07) is 0. The van der Waals surface area contributed by atoms with Crippen molar-refractivity contribution >= 4 is 28.3 Å². The van der Waals surface area contributed by atoms with E-state index in [1.807, 2.05) is 0 Å². The molecule has 2 amide bonds. The van der Waals surface area contributed by atoms with E-state index in [2.05, 4.69) is 10.3 Å². The minimum Gasteiger partial charge on any atom is -0.375 e. The molecule has 1 aliphatic rings. The fourth-order valence-corrected chi connectivity index (χ4v) is 2.53. The molecule has 0 unspecified atom stereocenters. The number of amides is 2. The van der Waals surface area contributed by atoms with Crippen LogP contribution in [0.25, 0.3) is 0 Å². The van der Waals surface area contributed by atoms with Crippen LogP contribution in [-0.4, -0.2) is 41.3 Å². The molecular weight excluding hydrogens is 240 g/mol. The molecule has 3 N–H and O–H groups in total. The highest BCUT2D eigenvalue weighted by atomic mass is 32.1. The van der Waals surface area contributed by atoms with E-state index in [0.29, 0.717) is 41.8 Å². The molecule has 1 saturated heterocycles. The number of hydrogen-bond acceptors (Lipinski definition) is 5. The topological polar surface area (TPSA) is 88.3 Å². The van der Waals surface area contributed by atoms with Gasteiger partial charge in [0.2, 0.25) is 5.91 Å². The fraction of sp³-hybridized carbons (Fsp3) is 0.500. The van der Waals surface area contributed by atoms with Crippen molar-refractivity contribution in [3.63, 3.8) is 0 Å². The normalized spacial score (nSPS) is 16.5. The number of thiazole rings is 1. The maximum atomic E-state index is 12.2. The molecule has 0 aromatic carbocycles. The number of nitrogen functional groups attached to an aromatic ring is 1. The van der Waals surface area contributed by atoms with E-state index in [1.54, 1.807) is 11.8 Å². The van der Waals surface area contributed by atoms with Gasteiger partial charge in [-0.25, -0.2) is 4.98 Å². The molecular formula is C10H14N4O2S. The van der Waals surface area contributed by atoms with E-state index in [-0.39, 0.29) is 11.8 Å². The first-order valence-electron chi connectivity index (χ1n) is 5.37. The van der Waals surface area contributed by atoms with E-state index in [4.69, 9.17) is 5.73 Å². The van der Waals surface area contributed by atoms with Crippen LogP contribution >= 0.6 is 11.3 Å². The van der Waals surface area contributed by atoms with Crippen LogP contribution in [0.1, 0.15) is 21.8 Å². The Bertz CT molecular complexity index is 457. The lowest BCUT2D eigenvalue weighted by molar-refractivity contribution is -0.120. The molecule has 1 aromatic rings. The van der Waals surface area contributed by atoms with Crippen molar-refractivity contribution in [3.8, 4) is 0 Å². The number of nitrogens with two attached hydrogens (primary N) is 1. The van der Waals surface area contributed by atoms with Gasteiger partial charge in [-0.15, -0.1) is 0 Å². The second-order valence-electron chi connectivity index (χ2n) is 3.86. The molecule has 92 valence electrons. The van der Waals surface area contributed by atoms with E-state index < -0.39 is 0 Å². The van der Waals surface area contributed by atoms with Crippen molar-refractivity contribution < 1.29 is 9.59 Å². The molecule has 0 spiro atoms. The van der Waals surface area contributed by atoms with Crippen molar-refractivity contribution in [2.45, 2.75) is 13.3 Å². The Kier molecular flexibility index (Phi) is 3.28. The largest absolute Gasteiger partial charge is 0.375 e. The van der Waals surface area contributed by atoms with Crippen LogP contribution in [0.15, 0.2) is 0 Å². The third-order valence-corrected chi connectivity index (χ3v) is 3.58. The smallest absolute Gasteiger partial charge is 0.265 e. The maximum Gasteiger partial charge on any atom is 0.265 e. The average Bonchev–Trinajstić information content (AvgIpc) is 2.49. The van der Waals surface area contributed by atoms with Gasteiger partial charge >= 0.3 is 0 Å². The number of carbonyl (C=O) groups is 2. The second kappa shape index (κ2) is 4.70. The molecule has 0 aliphatic carbocycles. The van der Waals surface area contributed by atoms with Gasteiger partial charge in [0.1, 0.15) is 4.88 Å². The summed E-state index contributed by atoms with van der Waals surface area (Å²) >= 11 is 1.19. The molecule has 1 aromatic heterocycles. The number of aryl methyl sites for hydroxylation is 1. The molecule has 0 saturated carbocycles. The van der Waals surface area contributed by atoms with E-state index in [9.17, 15) is 9.59 Å². The van der Waals surface area contributed by atoms with Gasteiger partial charge in [0.25, 0.3) is 5.91 Å². The molecule has 2 rings (SSSR count). The summed E-state index contributed by atoms with van der Waals surface area (Å²) in [6.07, 6.45) is 0.346. The molecule has 7 heteroatoms. The maximum absolute atomic E-state index is 12.2. The summed E-state index contributed by atoms with van der Waals surface area (Å²) in [4.78, 5) is 29.6. The summed E-state index contributed by atoms with van der Waals surface area (Å²) in [5.41, 5.74) is 6.22. The summed E-state index contributed by atoms with van der Waals surface area (Å²) in [7, 11) is 0. The van der Waals surface area contributed by atoms with Crippen molar-refractivity contribution in [2.24, 2.45) is 0 Å². The summed E-state index contributed by atoms with van der Waals surface area (Å²) < 4.78 is 0. The van der Waals surface area contributed by atoms with Crippen LogP contribution in [0.2, 0.25) is 0 Å². The first kappa shape index (κ1) is 11.8. The highest BCUT2D eigenvalue weighted by Crippen LogP contribution is 2.21. The van der Waals surface area contributed by atoms with Gasteiger partial charge in [-0.1, -0.05) is 11.3 Å². The molecule has 0 bridgehead atoms. The first-order chi connectivity index (χ1) is 8.08. The first-order valence-corrected chi connectivity index (χ1v) is 6.18. The van der Waals surface area contributed by atoms with Crippen LogP contribution in [-0.2, 0) is 4.79 Å². The van der Waals surface area contributed by atoms with Crippen LogP contribution < -0.4 is 11.1 Å². The quantitative estimate of drug-likeness (QED) is 0.738. The molecule has 0 atom stereocenters. The Morgan fingerprint density at radius 2 is 2.29 bits per heavy atom. The lowest BCUT2D eigenvalue weighted by Gasteiger charge is -2.18. The van der Waals surface area contributed by atoms with Gasteiger partial charge in [-0.2, -0.15) is 0 Å². The number of nitrogens with one attached hydrogen (secondary N) is 1. The number of carbonyl (C=O) groups excluding carboxylic acids is 2. The second-order valence-corrected chi connectivity index (χ2v) is 4.89. The van der Waals surface area contributed by atoms with E-state index in [1.165, 1.54) is 11.3 Å². The zero-order valence-corrected chi connectivity index (χ0v) is 10.3. The summed E-state index contributed by atoms with van der Waals surface area (Å²) in [5, 5.41) is 3.13. The van der Waals surface area contributed by atoms with Crippen molar-refractivity contribution in [2.75, 3.05) is 25.4 Å². The van der Waals surface area contributed by atoms with Crippen molar-refractivity contribution in [1.29, 1.82) is 0 Å². The Morgan fingerprint density at radius 1 is 1.53 bits per heavy atom. The van der Waals surface area contributed by atoms with Gasteiger partial charge in [0.05, 0.1) is 5.69 Å². The molecule has 0 radical (unpaired) electrons. The van der Waals surface area contributed by atoms with Gasteiger partial charge in [0.15, 0.2) is 5.13 Å². The third kappa shape index (κ3) is 2.55. The number of nitrogens with zero attached hydrogens (tertiary/aromatic N) is 2. The lowest BCUT2D eigenvalue weighted by Crippen LogP contribution is -2.34. The Morgan fingerprint density at radius 3 is 2.94 bits per heavy atom. The zero-order chi connectivity index (χ0) is 12.4. The SMILES string of the molecule is Cc1nc(N)sc1C(=O)N1CCNC(=O)CC1. The van der Waals surface area contributed by atoms with Crippen molar-refractivity contribution in [1.82, 2.24) is 15.2 Å². The van der Waals surface area contributed by atoms with E-state index in [0.717, 1.165) is 0 Å². The van der Waals surface area contributed by atoms with Crippen LogP contribution in [0.3, 0.4) is 0 Å². The molecule has 1 fully saturated rings. The Hall–Kier alpha value is -1.63. The monoisotopic (exact) mass is 254 g/mol. The van der Waals surface area contributed by atoms with Gasteiger partial charge in [0, 0.05) is 26.1 Å². The predicted octanol–water partition coefficient (Wildman–Crippen LogP) is -0.00418. The highest BCUT2D eigenvalue weighted by Gasteiger charge is 2.23. The van der Waals surface area contributed by atoms with Crippen LogP contribution in [0.4, 0.5) is 5.13 Å². The third-order valence-electron chi connectivity index (χ3n) is 2.61. The number of rotatable bonds is 1. The molecule has 1 aliphatic heterocycles. The number of anilines is 1. The standard InChI is InChI=1S/C10H14N4O2S/c1-6-8(17-10(11)13-6)9(16)14-4-2-7(15)12-3-5-14/h2-5H2,1H3,(H2,11,13)(H,12,15). The fourth-order valence-electron chi connectivity index (χ4n) is 1.73. The van der Waals surface area contributed by atoms with Gasteiger partial charge in [-0.3, -0.25) is 9.59 Å². The van der Waals surface area contributed by atoms with Gasteiger partial charge < -0.3 is 16.0 Å². The average molecular weight is 254 g/mol. The number of hydrogen-bond donors (Lipinski definition) is 2. The minimum absolute atomic E-state index is 0.0131. The Labute approximate surface area is 103 Å². The summed E-state index contributed by atoms with van der Waals surface area (Å²) in [6.45, 7) is 3.24. The zero-order valence-electron chi connectivity index (χ0n) is 9.52. The minimum atomic E-state index is -0.0896. The lowest BCUT2D eigenvalue weighted by atomic mass is 10.3. The molecule has 2 heterocycles. The Balaban J connectivity index is 2.14. The molecule has 6 nitrogen and oxygen atoms in total. The number of aromatic nitrogens is 1. The summed E-state index contributed by atoms with van der Waals surface area (Å²) in [5.74, 6) is -0.103. The molecule has 17 heavy (non-hydrogen) atoms. The van der Waals surface area contributed by atoms with Crippen LogP contribution in [0.5, 0.6) is 0 Å². The van der Waals surface area contributed by atoms with Gasteiger partial charge in [-0.05, 0) is 6.92 Å². The predicted molar refractivity (Wildman–Crippen MR) is 64.8 cm³/mol. The van der Waals surface area contributed by atoms with Crippen molar-refractivity contribution in [3.05, 3.63) is 10.6 Å². The highest BCUT2D eigenvalue weighted by molar-refractivity contribution is 7.17. The van der Waals surface area contributed by atoms with Crippen LogP contribution in [0, 0.1) is 6.92 Å². The van der Waals surface area contributed by atoms with E-state index >= 15 is 0 Å².